The predicted molar refractivity (Wildman–Crippen MR) is 93.6 cm³/mol. The van der Waals surface area contributed by atoms with Gasteiger partial charge in [0, 0.05) is 34.3 Å². The van der Waals surface area contributed by atoms with Crippen LogP contribution in [0.3, 0.4) is 0 Å². The van der Waals surface area contributed by atoms with Crippen LogP contribution in [0.5, 0.6) is 5.75 Å². The molecule has 0 aliphatic rings. The van der Waals surface area contributed by atoms with Crippen LogP contribution >= 0.6 is 0 Å². The molecule has 130 valence electrons. The van der Waals surface area contributed by atoms with E-state index >= 15 is 0 Å². The molecule has 2 aromatic heterocycles. The molecular formula is C18H19N3O4. The third kappa shape index (κ3) is 3.13. The highest BCUT2D eigenvalue weighted by molar-refractivity contribution is 5.99. The Morgan fingerprint density at radius 1 is 1.36 bits per heavy atom. The molecule has 7 heteroatoms. The highest BCUT2D eigenvalue weighted by atomic mass is 16.4. The van der Waals surface area contributed by atoms with Gasteiger partial charge in [-0.05, 0) is 24.5 Å². The summed E-state index contributed by atoms with van der Waals surface area (Å²) < 4.78 is 1.00. The maximum Gasteiger partial charge on any atom is 0.328 e. The quantitative estimate of drug-likeness (QED) is 0.661. The Morgan fingerprint density at radius 2 is 2.12 bits per heavy atom. The molecule has 3 aromatic rings. The van der Waals surface area contributed by atoms with Gasteiger partial charge in [0.2, 0.25) is 0 Å². The number of nitrogens with one attached hydrogen (secondary N) is 1. The minimum absolute atomic E-state index is 0.0983. The van der Waals surface area contributed by atoms with E-state index in [4.69, 9.17) is 0 Å². The number of hydrogen-bond acceptors (Lipinski definition) is 4. The smallest absolute Gasteiger partial charge is 0.328 e. The number of phenolic OH excluding ortho intramolecular Hbond substituents is 1. The van der Waals surface area contributed by atoms with Crippen LogP contribution in [0.4, 0.5) is 0 Å². The fourth-order valence-corrected chi connectivity index (χ4v) is 2.94. The van der Waals surface area contributed by atoms with Gasteiger partial charge < -0.3 is 15.2 Å². The Kier molecular flexibility index (Phi) is 4.31. The fraction of sp³-hybridized carbons (Fsp3) is 0.278. The summed E-state index contributed by atoms with van der Waals surface area (Å²) in [7, 11) is 0. The molecule has 0 aliphatic heterocycles. The van der Waals surface area contributed by atoms with Gasteiger partial charge in [-0.15, -0.1) is 0 Å². The van der Waals surface area contributed by atoms with Crippen LogP contribution in [0.15, 0.2) is 41.5 Å². The van der Waals surface area contributed by atoms with Gasteiger partial charge in [0.1, 0.15) is 5.75 Å². The molecule has 1 atom stereocenters. The van der Waals surface area contributed by atoms with Crippen LogP contribution in [-0.2, 0) is 4.79 Å². The molecule has 25 heavy (non-hydrogen) atoms. The average molecular weight is 341 g/mol. The highest BCUT2D eigenvalue weighted by Crippen LogP contribution is 2.33. The lowest BCUT2D eigenvalue weighted by atomic mass is 10.0. The summed E-state index contributed by atoms with van der Waals surface area (Å²) >= 11 is 0. The number of rotatable bonds is 5. The molecule has 1 aromatic carbocycles. The number of aromatic nitrogens is 3. The van der Waals surface area contributed by atoms with E-state index in [9.17, 15) is 19.8 Å². The van der Waals surface area contributed by atoms with Crippen molar-refractivity contribution in [3.8, 4) is 16.9 Å². The number of fused-ring (bicyclic) bond motifs is 1. The lowest BCUT2D eigenvalue weighted by molar-refractivity contribution is -0.141. The van der Waals surface area contributed by atoms with Gasteiger partial charge in [0.25, 0.3) is 5.56 Å². The van der Waals surface area contributed by atoms with Gasteiger partial charge in [0.15, 0.2) is 6.04 Å². The zero-order valence-corrected chi connectivity index (χ0v) is 13.9. The van der Waals surface area contributed by atoms with Gasteiger partial charge in [-0.2, -0.15) is 5.10 Å². The molecule has 3 N–H and O–H groups in total. The largest absolute Gasteiger partial charge is 0.507 e. The summed E-state index contributed by atoms with van der Waals surface area (Å²) in [6.45, 7) is 3.79. The zero-order valence-electron chi connectivity index (χ0n) is 13.9. The molecule has 0 spiro atoms. The molecule has 0 bridgehead atoms. The van der Waals surface area contributed by atoms with Crippen molar-refractivity contribution in [2.24, 2.45) is 5.92 Å². The number of aliphatic carboxylic acids is 1. The topological polar surface area (TPSA) is 108 Å². The molecule has 0 saturated heterocycles. The molecule has 0 amide bonds. The first-order valence-corrected chi connectivity index (χ1v) is 7.99. The SMILES string of the molecule is CC(C)CC(C(=O)O)n1ncc(-c2c[nH]c3cccc(O)c23)cc1=O. The first-order valence-electron chi connectivity index (χ1n) is 7.99. The second-order valence-electron chi connectivity index (χ2n) is 6.41. The predicted octanol–water partition coefficient (Wildman–Crippen LogP) is 2.77. The number of nitrogens with zero attached hydrogens (tertiary/aromatic N) is 2. The third-order valence-electron chi connectivity index (χ3n) is 4.10. The summed E-state index contributed by atoms with van der Waals surface area (Å²) in [4.78, 5) is 27.0. The first-order chi connectivity index (χ1) is 11.9. The fourth-order valence-electron chi connectivity index (χ4n) is 2.94. The molecule has 2 heterocycles. The molecule has 1 unspecified atom stereocenters. The average Bonchev–Trinajstić information content (AvgIpc) is 2.98. The van der Waals surface area contributed by atoms with Crippen molar-refractivity contribution in [3.05, 3.63) is 47.0 Å². The number of H-pyrrole nitrogens is 1. The van der Waals surface area contributed by atoms with E-state index in [2.05, 4.69) is 10.1 Å². The molecule has 7 nitrogen and oxygen atoms in total. The van der Waals surface area contributed by atoms with Crippen molar-refractivity contribution in [3.63, 3.8) is 0 Å². The van der Waals surface area contributed by atoms with E-state index in [-0.39, 0.29) is 11.7 Å². The summed E-state index contributed by atoms with van der Waals surface area (Å²) in [5.74, 6) is -0.873. The second-order valence-corrected chi connectivity index (χ2v) is 6.41. The number of carbonyl (C=O) groups is 1. The minimum atomic E-state index is -1.08. The maximum atomic E-state index is 12.4. The molecule has 0 radical (unpaired) electrons. The van der Waals surface area contributed by atoms with Crippen molar-refractivity contribution >= 4 is 16.9 Å². The van der Waals surface area contributed by atoms with Gasteiger partial charge in [-0.3, -0.25) is 4.79 Å². The molecule has 0 aliphatic carbocycles. The summed E-state index contributed by atoms with van der Waals surface area (Å²) in [6.07, 6.45) is 3.45. The van der Waals surface area contributed by atoms with Crippen LogP contribution in [0.2, 0.25) is 0 Å². The van der Waals surface area contributed by atoms with Crippen LogP contribution < -0.4 is 5.56 Å². The van der Waals surface area contributed by atoms with Crippen LogP contribution in [0.1, 0.15) is 26.3 Å². The zero-order chi connectivity index (χ0) is 18.1. The summed E-state index contributed by atoms with van der Waals surface area (Å²) in [5.41, 5.74) is 1.40. The summed E-state index contributed by atoms with van der Waals surface area (Å²) in [5, 5.41) is 24.1. The van der Waals surface area contributed by atoms with Crippen molar-refractivity contribution in [2.75, 3.05) is 0 Å². The lowest BCUT2D eigenvalue weighted by Gasteiger charge is -2.16. The van der Waals surface area contributed by atoms with Gasteiger partial charge in [-0.25, -0.2) is 9.48 Å². The number of benzene rings is 1. The highest BCUT2D eigenvalue weighted by Gasteiger charge is 2.23. The Morgan fingerprint density at radius 3 is 2.76 bits per heavy atom. The van der Waals surface area contributed by atoms with Gasteiger partial charge in [-0.1, -0.05) is 19.9 Å². The Bertz CT molecular complexity index is 987. The minimum Gasteiger partial charge on any atom is -0.507 e. The van der Waals surface area contributed by atoms with E-state index in [1.54, 1.807) is 18.3 Å². The molecule has 3 rings (SSSR count). The molecule has 0 saturated carbocycles. The number of aromatic hydroxyl groups is 1. The monoisotopic (exact) mass is 341 g/mol. The standard InChI is InChI=1S/C18H19N3O4/c1-10(2)6-14(18(24)25)21-16(23)7-11(8-20-21)12-9-19-13-4-3-5-15(22)17(12)13/h3-5,7-10,14,19,22H,6H2,1-2H3,(H,24,25). The maximum absolute atomic E-state index is 12.4. The molecule has 0 fully saturated rings. The third-order valence-corrected chi connectivity index (χ3v) is 4.10. The van der Waals surface area contributed by atoms with Gasteiger partial charge in [0.05, 0.1) is 6.20 Å². The van der Waals surface area contributed by atoms with Crippen molar-refractivity contribution in [1.29, 1.82) is 0 Å². The van der Waals surface area contributed by atoms with E-state index < -0.39 is 17.6 Å². The number of hydrogen-bond donors (Lipinski definition) is 3. The van der Waals surface area contributed by atoms with E-state index in [1.165, 1.54) is 12.3 Å². The number of carboxylic acid groups (broad SMARTS) is 1. The Hall–Kier alpha value is -3.09. The lowest BCUT2D eigenvalue weighted by Crippen LogP contribution is -2.32. The Balaban J connectivity index is 2.07. The van der Waals surface area contributed by atoms with Crippen LogP contribution in [0.25, 0.3) is 22.0 Å². The van der Waals surface area contributed by atoms with Crippen molar-refractivity contribution in [1.82, 2.24) is 14.8 Å². The van der Waals surface area contributed by atoms with E-state index in [1.807, 2.05) is 19.9 Å². The number of aromatic amines is 1. The normalized spacial score (nSPS) is 12.6. The summed E-state index contributed by atoms with van der Waals surface area (Å²) in [6, 6.07) is 5.45. The van der Waals surface area contributed by atoms with Crippen LogP contribution in [-0.4, -0.2) is 30.9 Å². The number of carboxylic acids is 1. The number of phenols is 1. The van der Waals surface area contributed by atoms with Gasteiger partial charge >= 0.3 is 5.97 Å². The van der Waals surface area contributed by atoms with Crippen molar-refractivity contribution < 1.29 is 15.0 Å². The Labute approximate surface area is 143 Å². The molecular weight excluding hydrogens is 322 g/mol. The van der Waals surface area contributed by atoms with E-state index in [0.717, 1.165) is 10.2 Å². The first kappa shape index (κ1) is 16.8. The van der Waals surface area contributed by atoms with Crippen LogP contribution in [0, 0.1) is 5.92 Å². The van der Waals surface area contributed by atoms with Crippen molar-refractivity contribution in [2.45, 2.75) is 26.3 Å². The second kappa shape index (κ2) is 6.43. The van der Waals surface area contributed by atoms with E-state index in [0.29, 0.717) is 22.9 Å².